The quantitative estimate of drug-likeness (QED) is 0.790. The lowest BCUT2D eigenvalue weighted by atomic mass is 10.1. The van der Waals surface area contributed by atoms with Crippen molar-refractivity contribution in [2.45, 2.75) is 33.1 Å². The van der Waals surface area contributed by atoms with E-state index in [9.17, 15) is 4.79 Å². The molecule has 1 aromatic rings. The van der Waals surface area contributed by atoms with Crippen LogP contribution in [0.3, 0.4) is 0 Å². The molecule has 17 heavy (non-hydrogen) atoms. The number of hydrogen-bond acceptors (Lipinski definition) is 2. The SMILES string of the molecule is CCCN(CCC)c1cccc(CC(=O)O)c1. The second-order valence-corrected chi connectivity index (χ2v) is 4.23. The molecule has 1 aromatic carbocycles. The topological polar surface area (TPSA) is 40.5 Å². The summed E-state index contributed by atoms with van der Waals surface area (Å²) < 4.78 is 0. The summed E-state index contributed by atoms with van der Waals surface area (Å²) in [6.07, 6.45) is 2.30. The standard InChI is InChI=1S/C14H21NO2/c1-3-8-15(9-4-2)13-7-5-6-12(10-13)11-14(16)17/h5-7,10H,3-4,8-9,11H2,1-2H3,(H,16,17). The molecule has 0 aromatic heterocycles. The van der Waals surface area contributed by atoms with Crippen LogP contribution in [0.4, 0.5) is 5.69 Å². The maximum Gasteiger partial charge on any atom is 0.307 e. The van der Waals surface area contributed by atoms with E-state index >= 15 is 0 Å². The van der Waals surface area contributed by atoms with Gasteiger partial charge < -0.3 is 10.0 Å². The van der Waals surface area contributed by atoms with Gasteiger partial charge in [0.2, 0.25) is 0 Å². The fraction of sp³-hybridized carbons (Fsp3) is 0.500. The zero-order valence-electron chi connectivity index (χ0n) is 10.6. The van der Waals surface area contributed by atoms with Gasteiger partial charge in [0.1, 0.15) is 0 Å². The van der Waals surface area contributed by atoms with Gasteiger partial charge in [0.05, 0.1) is 6.42 Å². The lowest BCUT2D eigenvalue weighted by molar-refractivity contribution is -0.136. The minimum Gasteiger partial charge on any atom is -0.481 e. The summed E-state index contributed by atoms with van der Waals surface area (Å²) in [5.41, 5.74) is 2.00. The second kappa shape index (κ2) is 6.94. The largest absolute Gasteiger partial charge is 0.481 e. The number of carboxylic acid groups (broad SMARTS) is 1. The number of carboxylic acids is 1. The molecule has 3 nitrogen and oxygen atoms in total. The predicted molar refractivity (Wildman–Crippen MR) is 70.6 cm³/mol. The van der Waals surface area contributed by atoms with E-state index in [1.54, 1.807) is 0 Å². The maximum absolute atomic E-state index is 10.7. The van der Waals surface area contributed by atoms with Gasteiger partial charge in [0, 0.05) is 18.8 Å². The number of nitrogens with zero attached hydrogens (tertiary/aromatic N) is 1. The van der Waals surface area contributed by atoms with Crippen LogP contribution >= 0.6 is 0 Å². The molecule has 1 N–H and O–H groups in total. The van der Waals surface area contributed by atoms with Crippen molar-refractivity contribution in [1.29, 1.82) is 0 Å². The number of anilines is 1. The van der Waals surface area contributed by atoms with Gasteiger partial charge in [-0.25, -0.2) is 0 Å². The van der Waals surface area contributed by atoms with E-state index in [-0.39, 0.29) is 6.42 Å². The first-order valence-electron chi connectivity index (χ1n) is 6.23. The molecule has 0 spiro atoms. The Labute approximate surface area is 103 Å². The Balaban J connectivity index is 2.83. The van der Waals surface area contributed by atoms with Gasteiger partial charge in [0.15, 0.2) is 0 Å². The van der Waals surface area contributed by atoms with Gasteiger partial charge in [-0.1, -0.05) is 26.0 Å². The molecule has 0 fully saturated rings. The highest BCUT2D eigenvalue weighted by Gasteiger charge is 2.06. The number of carbonyl (C=O) groups is 1. The van der Waals surface area contributed by atoms with Crippen molar-refractivity contribution < 1.29 is 9.90 Å². The van der Waals surface area contributed by atoms with E-state index in [1.807, 2.05) is 18.2 Å². The van der Waals surface area contributed by atoms with Crippen molar-refractivity contribution in [3.8, 4) is 0 Å². The lowest BCUT2D eigenvalue weighted by Gasteiger charge is -2.24. The van der Waals surface area contributed by atoms with Crippen LogP contribution in [0.5, 0.6) is 0 Å². The fourth-order valence-electron chi connectivity index (χ4n) is 1.95. The Morgan fingerprint density at radius 3 is 2.41 bits per heavy atom. The molecule has 3 heteroatoms. The van der Waals surface area contributed by atoms with E-state index in [4.69, 9.17) is 5.11 Å². The first-order valence-corrected chi connectivity index (χ1v) is 6.23. The van der Waals surface area contributed by atoms with Crippen molar-refractivity contribution in [1.82, 2.24) is 0 Å². The van der Waals surface area contributed by atoms with Crippen molar-refractivity contribution >= 4 is 11.7 Å². The monoisotopic (exact) mass is 235 g/mol. The molecule has 0 amide bonds. The maximum atomic E-state index is 10.7. The van der Waals surface area contributed by atoms with Gasteiger partial charge >= 0.3 is 5.97 Å². The van der Waals surface area contributed by atoms with Crippen molar-refractivity contribution in [2.24, 2.45) is 0 Å². The molecular weight excluding hydrogens is 214 g/mol. The molecule has 94 valence electrons. The average molecular weight is 235 g/mol. The van der Waals surface area contributed by atoms with Gasteiger partial charge in [0.25, 0.3) is 0 Å². The Hall–Kier alpha value is -1.51. The summed E-state index contributed by atoms with van der Waals surface area (Å²) in [7, 11) is 0. The zero-order valence-corrected chi connectivity index (χ0v) is 10.6. The van der Waals surface area contributed by atoms with Crippen LogP contribution in [-0.4, -0.2) is 24.2 Å². The fourth-order valence-corrected chi connectivity index (χ4v) is 1.95. The molecule has 0 atom stereocenters. The van der Waals surface area contributed by atoms with Crippen molar-refractivity contribution in [2.75, 3.05) is 18.0 Å². The van der Waals surface area contributed by atoms with Crippen molar-refractivity contribution in [3.05, 3.63) is 29.8 Å². The van der Waals surface area contributed by atoms with Crippen LogP contribution in [0.15, 0.2) is 24.3 Å². The molecule has 0 aliphatic rings. The van der Waals surface area contributed by atoms with Crippen LogP contribution in [0.1, 0.15) is 32.3 Å². The molecule has 0 aliphatic carbocycles. The first kappa shape index (κ1) is 13.6. The molecule has 0 radical (unpaired) electrons. The van der Waals surface area contributed by atoms with Crippen LogP contribution < -0.4 is 4.90 Å². The molecular formula is C14H21NO2. The number of rotatable bonds is 7. The smallest absolute Gasteiger partial charge is 0.307 e. The van der Waals surface area contributed by atoms with Crippen molar-refractivity contribution in [3.63, 3.8) is 0 Å². The van der Waals surface area contributed by atoms with E-state index in [0.29, 0.717) is 0 Å². The van der Waals surface area contributed by atoms with Crippen LogP contribution in [0.2, 0.25) is 0 Å². The van der Waals surface area contributed by atoms with E-state index in [2.05, 4.69) is 24.8 Å². The summed E-state index contributed by atoms with van der Waals surface area (Å²) in [4.78, 5) is 13.0. The number of aliphatic carboxylic acids is 1. The summed E-state index contributed by atoms with van der Waals surface area (Å²) in [5.74, 6) is -0.778. The van der Waals surface area contributed by atoms with Crippen LogP contribution in [0.25, 0.3) is 0 Å². The Kier molecular flexibility index (Phi) is 5.53. The normalized spacial score (nSPS) is 10.2. The third-order valence-corrected chi connectivity index (χ3v) is 2.62. The molecule has 0 aliphatic heterocycles. The lowest BCUT2D eigenvalue weighted by Crippen LogP contribution is -2.24. The molecule has 0 unspecified atom stereocenters. The van der Waals surface area contributed by atoms with E-state index < -0.39 is 5.97 Å². The molecule has 0 bridgehead atoms. The highest BCUT2D eigenvalue weighted by Crippen LogP contribution is 2.17. The molecule has 1 rings (SSSR count). The van der Waals surface area contributed by atoms with Gasteiger partial charge in [-0.15, -0.1) is 0 Å². The van der Waals surface area contributed by atoms with Crippen LogP contribution in [0, 0.1) is 0 Å². The highest BCUT2D eigenvalue weighted by molar-refractivity contribution is 5.70. The summed E-state index contributed by atoms with van der Waals surface area (Å²) in [6, 6.07) is 7.84. The Morgan fingerprint density at radius 2 is 1.88 bits per heavy atom. The van der Waals surface area contributed by atoms with Gasteiger partial charge in [-0.3, -0.25) is 4.79 Å². The summed E-state index contributed by atoms with van der Waals surface area (Å²) >= 11 is 0. The van der Waals surface area contributed by atoms with Gasteiger partial charge in [-0.2, -0.15) is 0 Å². The zero-order chi connectivity index (χ0) is 12.7. The summed E-state index contributed by atoms with van der Waals surface area (Å²) in [5, 5.41) is 8.79. The molecule has 0 saturated heterocycles. The minimum atomic E-state index is -0.778. The molecule has 0 saturated carbocycles. The number of hydrogen-bond donors (Lipinski definition) is 1. The highest BCUT2D eigenvalue weighted by atomic mass is 16.4. The third kappa shape index (κ3) is 4.47. The van der Waals surface area contributed by atoms with E-state index in [0.717, 1.165) is 37.2 Å². The Morgan fingerprint density at radius 1 is 1.24 bits per heavy atom. The number of benzene rings is 1. The minimum absolute atomic E-state index is 0.0972. The third-order valence-electron chi connectivity index (χ3n) is 2.62. The van der Waals surface area contributed by atoms with Crippen LogP contribution in [-0.2, 0) is 11.2 Å². The predicted octanol–water partition coefficient (Wildman–Crippen LogP) is 2.94. The first-order chi connectivity index (χ1) is 8.17. The van der Waals surface area contributed by atoms with Gasteiger partial charge in [-0.05, 0) is 30.5 Å². The summed E-state index contributed by atoms with van der Waals surface area (Å²) in [6.45, 7) is 6.35. The second-order valence-electron chi connectivity index (χ2n) is 4.23. The van der Waals surface area contributed by atoms with E-state index in [1.165, 1.54) is 0 Å². The Bertz CT molecular complexity index is 357. The average Bonchev–Trinajstić information content (AvgIpc) is 2.28. The molecule has 0 heterocycles.